The zero-order chi connectivity index (χ0) is 14.6. The maximum absolute atomic E-state index is 5.99. The van der Waals surface area contributed by atoms with Crippen molar-refractivity contribution in [1.82, 2.24) is 9.97 Å². The van der Waals surface area contributed by atoms with Gasteiger partial charge in [0.25, 0.3) is 0 Å². The summed E-state index contributed by atoms with van der Waals surface area (Å²) in [5.74, 6) is 2.21. The zero-order valence-electron chi connectivity index (χ0n) is 12.7. The number of allylic oxidation sites excluding steroid dienone is 1. The number of aromatic nitrogens is 2. The fraction of sp³-hybridized carbons (Fsp3) is 0.600. The van der Waals surface area contributed by atoms with Crippen LogP contribution in [0, 0.1) is 17.8 Å². The largest absolute Gasteiger partial charge is 0.396 e. The summed E-state index contributed by atoms with van der Waals surface area (Å²) in [6.07, 6.45) is 4.59. The summed E-state index contributed by atoms with van der Waals surface area (Å²) in [5.41, 5.74) is 7.59. The fourth-order valence-corrected chi connectivity index (χ4v) is 2.40. The van der Waals surface area contributed by atoms with E-state index in [-0.39, 0.29) is 0 Å². The van der Waals surface area contributed by atoms with Crippen molar-refractivity contribution in [2.24, 2.45) is 17.8 Å². The molecule has 2 atom stereocenters. The number of nitrogens with zero attached hydrogens (tertiary/aromatic N) is 3. The van der Waals surface area contributed by atoms with Gasteiger partial charge < -0.3 is 10.6 Å². The van der Waals surface area contributed by atoms with Crippen LogP contribution in [0.2, 0.25) is 0 Å². The van der Waals surface area contributed by atoms with Crippen molar-refractivity contribution in [3.63, 3.8) is 0 Å². The third-order valence-electron chi connectivity index (χ3n) is 3.50. The Labute approximate surface area is 116 Å². The van der Waals surface area contributed by atoms with Gasteiger partial charge in [-0.3, -0.25) is 0 Å². The zero-order valence-corrected chi connectivity index (χ0v) is 12.7. The van der Waals surface area contributed by atoms with Gasteiger partial charge in [0.15, 0.2) is 0 Å². The lowest BCUT2D eigenvalue weighted by atomic mass is 9.82. The lowest BCUT2D eigenvalue weighted by Gasteiger charge is -2.24. The van der Waals surface area contributed by atoms with Crippen LogP contribution >= 0.6 is 0 Å². The number of nitrogen functional groups attached to an aromatic ring is 1. The molecule has 0 saturated carbocycles. The lowest BCUT2D eigenvalue weighted by Crippen LogP contribution is -2.20. The van der Waals surface area contributed by atoms with Crippen LogP contribution in [0.15, 0.2) is 18.9 Å². The minimum Gasteiger partial charge on any atom is -0.396 e. The highest BCUT2D eigenvalue weighted by Gasteiger charge is 2.20. The molecular weight excluding hydrogens is 236 g/mol. The number of hydrogen-bond acceptors (Lipinski definition) is 4. The van der Waals surface area contributed by atoms with Gasteiger partial charge in [-0.2, -0.15) is 0 Å². The predicted molar refractivity (Wildman–Crippen MR) is 82.2 cm³/mol. The molecule has 2 N–H and O–H groups in total. The molecule has 0 bridgehead atoms. The Balaban J connectivity index is 2.92. The smallest absolute Gasteiger partial charge is 0.225 e. The van der Waals surface area contributed by atoms with E-state index in [0.717, 1.165) is 12.1 Å². The number of nitrogens with two attached hydrogens (primary N) is 1. The van der Waals surface area contributed by atoms with Crippen LogP contribution in [-0.4, -0.2) is 24.1 Å². The number of hydrogen-bond donors (Lipinski definition) is 1. The summed E-state index contributed by atoms with van der Waals surface area (Å²) < 4.78 is 0. The van der Waals surface area contributed by atoms with Crippen LogP contribution in [0.25, 0.3) is 0 Å². The molecule has 4 nitrogen and oxygen atoms in total. The molecule has 0 spiro atoms. The SMILES string of the molecule is C=CC(C(C)C)C(C)Cc1nc(N(C)C)ncc1N. The van der Waals surface area contributed by atoms with Crippen LogP contribution in [0.1, 0.15) is 26.5 Å². The van der Waals surface area contributed by atoms with Gasteiger partial charge in [-0.15, -0.1) is 6.58 Å². The Morgan fingerprint density at radius 3 is 2.47 bits per heavy atom. The van der Waals surface area contributed by atoms with E-state index in [9.17, 15) is 0 Å². The van der Waals surface area contributed by atoms with E-state index >= 15 is 0 Å². The van der Waals surface area contributed by atoms with E-state index < -0.39 is 0 Å². The van der Waals surface area contributed by atoms with Gasteiger partial charge in [0.2, 0.25) is 5.95 Å². The van der Waals surface area contributed by atoms with E-state index in [4.69, 9.17) is 5.73 Å². The molecule has 1 rings (SSSR count). The first-order valence-electron chi connectivity index (χ1n) is 6.78. The van der Waals surface area contributed by atoms with Crippen LogP contribution in [0.3, 0.4) is 0 Å². The maximum Gasteiger partial charge on any atom is 0.225 e. The molecular formula is C15H26N4. The van der Waals surface area contributed by atoms with E-state index in [1.165, 1.54) is 0 Å². The maximum atomic E-state index is 5.99. The van der Waals surface area contributed by atoms with Gasteiger partial charge in [-0.1, -0.05) is 26.8 Å². The van der Waals surface area contributed by atoms with Gasteiger partial charge in [0.05, 0.1) is 17.6 Å². The van der Waals surface area contributed by atoms with Crippen molar-refractivity contribution in [2.45, 2.75) is 27.2 Å². The Bertz CT molecular complexity index is 426. The summed E-state index contributed by atoms with van der Waals surface area (Å²) in [6.45, 7) is 10.6. The standard InChI is InChI=1S/C15H26N4/c1-7-12(10(2)3)11(4)8-14-13(16)9-17-15(18-14)19(5)6/h7,9-12H,1,8,16H2,2-6H3. The Morgan fingerprint density at radius 2 is 2.00 bits per heavy atom. The van der Waals surface area contributed by atoms with Gasteiger partial charge in [-0.05, 0) is 24.2 Å². The molecule has 0 saturated heterocycles. The average Bonchev–Trinajstić information content (AvgIpc) is 2.31. The Hall–Kier alpha value is -1.58. The highest BCUT2D eigenvalue weighted by molar-refractivity contribution is 5.44. The Kier molecular flexibility index (Phi) is 5.33. The third kappa shape index (κ3) is 3.94. The van der Waals surface area contributed by atoms with E-state index in [2.05, 4.69) is 37.3 Å². The molecule has 4 heteroatoms. The van der Waals surface area contributed by atoms with Crippen LogP contribution in [0.4, 0.5) is 11.6 Å². The summed E-state index contributed by atoms with van der Waals surface area (Å²) in [5, 5.41) is 0. The van der Waals surface area contributed by atoms with E-state index in [1.807, 2.05) is 25.1 Å². The highest BCUT2D eigenvalue weighted by atomic mass is 15.2. The molecule has 106 valence electrons. The summed E-state index contributed by atoms with van der Waals surface area (Å²) in [7, 11) is 3.86. The van der Waals surface area contributed by atoms with E-state index in [1.54, 1.807) is 6.20 Å². The second-order valence-electron chi connectivity index (χ2n) is 5.70. The van der Waals surface area contributed by atoms with Crippen LogP contribution in [-0.2, 0) is 6.42 Å². The highest BCUT2D eigenvalue weighted by Crippen LogP contribution is 2.26. The molecule has 0 aliphatic rings. The third-order valence-corrected chi connectivity index (χ3v) is 3.50. The topological polar surface area (TPSA) is 55.0 Å². The molecule has 0 aliphatic heterocycles. The molecule has 1 heterocycles. The van der Waals surface area contributed by atoms with Crippen LogP contribution in [0.5, 0.6) is 0 Å². The molecule has 1 aromatic heterocycles. The van der Waals surface area contributed by atoms with Gasteiger partial charge in [-0.25, -0.2) is 9.97 Å². The first-order chi connectivity index (χ1) is 8.86. The second-order valence-corrected chi connectivity index (χ2v) is 5.70. The Morgan fingerprint density at radius 1 is 1.37 bits per heavy atom. The summed E-state index contributed by atoms with van der Waals surface area (Å²) in [6, 6.07) is 0. The van der Waals surface area contributed by atoms with Gasteiger partial charge in [0, 0.05) is 14.1 Å². The first kappa shape index (κ1) is 15.5. The normalized spacial score (nSPS) is 14.2. The van der Waals surface area contributed by atoms with E-state index in [0.29, 0.717) is 29.4 Å². The average molecular weight is 262 g/mol. The minimum atomic E-state index is 0.463. The predicted octanol–water partition coefficient (Wildman–Crippen LogP) is 2.76. The molecule has 0 aromatic carbocycles. The molecule has 0 radical (unpaired) electrons. The van der Waals surface area contributed by atoms with Crippen molar-refractivity contribution in [2.75, 3.05) is 24.7 Å². The summed E-state index contributed by atoms with van der Waals surface area (Å²) in [4.78, 5) is 10.6. The molecule has 19 heavy (non-hydrogen) atoms. The van der Waals surface area contributed by atoms with Crippen molar-refractivity contribution >= 4 is 11.6 Å². The number of anilines is 2. The first-order valence-corrected chi connectivity index (χ1v) is 6.78. The minimum absolute atomic E-state index is 0.463. The van der Waals surface area contributed by atoms with Crippen molar-refractivity contribution in [3.05, 3.63) is 24.5 Å². The molecule has 1 aromatic rings. The number of rotatable bonds is 6. The van der Waals surface area contributed by atoms with Gasteiger partial charge in [0.1, 0.15) is 0 Å². The van der Waals surface area contributed by atoms with Crippen LogP contribution < -0.4 is 10.6 Å². The van der Waals surface area contributed by atoms with Crippen molar-refractivity contribution in [1.29, 1.82) is 0 Å². The van der Waals surface area contributed by atoms with Gasteiger partial charge >= 0.3 is 0 Å². The lowest BCUT2D eigenvalue weighted by molar-refractivity contribution is 0.331. The molecule has 2 unspecified atom stereocenters. The van der Waals surface area contributed by atoms with Crippen molar-refractivity contribution < 1.29 is 0 Å². The fourth-order valence-electron chi connectivity index (χ4n) is 2.40. The quantitative estimate of drug-likeness (QED) is 0.801. The molecule has 0 aliphatic carbocycles. The molecule has 0 fully saturated rings. The molecule has 0 amide bonds. The second kappa shape index (κ2) is 6.55. The van der Waals surface area contributed by atoms with Crippen molar-refractivity contribution in [3.8, 4) is 0 Å². The summed E-state index contributed by atoms with van der Waals surface area (Å²) >= 11 is 0. The monoisotopic (exact) mass is 262 g/mol.